The lowest BCUT2D eigenvalue weighted by atomic mass is 9.89. The second kappa shape index (κ2) is 7.16. The fourth-order valence-corrected chi connectivity index (χ4v) is 3.89. The third kappa shape index (κ3) is 3.53. The smallest absolute Gasteiger partial charge is 0.339 e. The van der Waals surface area contributed by atoms with Gasteiger partial charge in [-0.1, -0.05) is 30.0 Å². The zero-order chi connectivity index (χ0) is 19.7. The Kier molecular flexibility index (Phi) is 4.68. The molecule has 7 heteroatoms. The average molecular weight is 393 g/mol. The molecule has 3 aromatic rings. The molecule has 1 amide bonds. The van der Waals surface area contributed by atoms with Crippen LogP contribution in [0, 0.1) is 0 Å². The number of carbonyl (C=O) groups excluding carboxylic acids is 2. The molecule has 0 bridgehead atoms. The van der Waals surface area contributed by atoms with Crippen molar-refractivity contribution < 1.29 is 14.3 Å². The van der Waals surface area contributed by atoms with E-state index >= 15 is 0 Å². The van der Waals surface area contributed by atoms with Crippen molar-refractivity contribution in [2.24, 2.45) is 7.05 Å². The molecule has 1 N–H and O–H groups in total. The lowest BCUT2D eigenvalue weighted by Gasteiger charge is -2.33. The van der Waals surface area contributed by atoms with Gasteiger partial charge in [0.15, 0.2) is 10.8 Å². The Morgan fingerprint density at radius 1 is 1.21 bits per heavy atom. The second-order valence-electron chi connectivity index (χ2n) is 6.86. The molecule has 1 unspecified atom stereocenters. The minimum atomic E-state index is -1.24. The molecule has 28 heavy (non-hydrogen) atoms. The topological polar surface area (TPSA) is 73.2 Å². The predicted octanol–water partition coefficient (Wildman–Crippen LogP) is 3.68. The molecule has 142 valence electrons. The van der Waals surface area contributed by atoms with Crippen LogP contribution in [-0.4, -0.2) is 27.0 Å². The molecule has 1 aliphatic rings. The molecule has 1 atom stereocenters. The number of aromatic nitrogens is 2. The number of carbonyl (C=O) groups is 2. The number of nitrogens with zero attached hydrogens (tertiary/aromatic N) is 2. The number of amides is 1. The number of benzene rings is 2. The summed E-state index contributed by atoms with van der Waals surface area (Å²) in [5, 5.41) is 3.74. The van der Waals surface area contributed by atoms with Crippen LogP contribution in [0.15, 0.2) is 71.0 Å². The quantitative estimate of drug-likeness (QED) is 0.685. The third-order valence-electron chi connectivity index (χ3n) is 4.66. The molecule has 0 spiro atoms. The van der Waals surface area contributed by atoms with Crippen molar-refractivity contribution in [2.75, 3.05) is 5.32 Å². The van der Waals surface area contributed by atoms with Gasteiger partial charge in [-0.05, 0) is 42.8 Å². The first-order chi connectivity index (χ1) is 13.4. The van der Waals surface area contributed by atoms with Gasteiger partial charge in [-0.25, -0.2) is 9.78 Å². The van der Waals surface area contributed by atoms with E-state index < -0.39 is 11.6 Å². The standard InChI is InChI=1S/C21H19N3O3S/c1-21(13-14-5-3-4-6-17(14)18(25)27-21)19(26)23-15-7-9-16(10-8-15)28-20-22-11-12-24(20)2/h3-12H,13H2,1-2H3,(H,23,26). The van der Waals surface area contributed by atoms with E-state index in [0.29, 0.717) is 17.7 Å². The van der Waals surface area contributed by atoms with Gasteiger partial charge in [-0.3, -0.25) is 4.79 Å². The predicted molar refractivity (Wildman–Crippen MR) is 106 cm³/mol. The number of imidazole rings is 1. The van der Waals surface area contributed by atoms with E-state index in [0.717, 1.165) is 15.6 Å². The van der Waals surface area contributed by atoms with Gasteiger partial charge in [0.1, 0.15) is 0 Å². The monoisotopic (exact) mass is 393 g/mol. The van der Waals surface area contributed by atoms with Crippen LogP contribution in [0.25, 0.3) is 0 Å². The maximum absolute atomic E-state index is 12.8. The summed E-state index contributed by atoms with van der Waals surface area (Å²) in [7, 11) is 1.94. The van der Waals surface area contributed by atoms with E-state index in [9.17, 15) is 9.59 Å². The SMILES string of the molecule is Cn1ccnc1Sc1ccc(NC(=O)C2(C)Cc3ccccc3C(=O)O2)cc1. The van der Waals surface area contributed by atoms with E-state index in [1.165, 1.54) is 11.8 Å². The van der Waals surface area contributed by atoms with E-state index in [2.05, 4.69) is 10.3 Å². The fraction of sp³-hybridized carbons (Fsp3) is 0.190. The van der Waals surface area contributed by atoms with Crippen molar-refractivity contribution >= 4 is 29.3 Å². The highest BCUT2D eigenvalue weighted by atomic mass is 32.2. The van der Waals surface area contributed by atoms with Crippen molar-refractivity contribution in [3.8, 4) is 0 Å². The Bertz CT molecular complexity index is 1050. The lowest BCUT2D eigenvalue weighted by Crippen LogP contribution is -2.48. The third-order valence-corrected chi connectivity index (χ3v) is 5.75. The number of nitrogens with one attached hydrogen (secondary N) is 1. The molecule has 0 saturated carbocycles. The molecule has 2 aromatic carbocycles. The Balaban J connectivity index is 1.46. The summed E-state index contributed by atoms with van der Waals surface area (Å²) in [5.74, 6) is -0.818. The highest BCUT2D eigenvalue weighted by molar-refractivity contribution is 7.99. The minimum Gasteiger partial charge on any atom is -0.445 e. The molecule has 0 aliphatic carbocycles. The number of rotatable bonds is 4. The van der Waals surface area contributed by atoms with Crippen LogP contribution >= 0.6 is 11.8 Å². The zero-order valence-corrected chi connectivity index (χ0v) is 16.3. The van der Waals surface area contributed by atoms with Crippen LogP contribution in [0.4, 0.5) is 5.69 Å². The van der Waals surface area contributed by atoms with Gasteiger partial charge in [0.2, 0.25) is 0 Å². The van der Waals surface area contributed by atoms with E-state index in [-0.39, 0.29) is 5.91 Å². The zero-order valence-electron chi connectivity index (χ0n) is 15.5. The molecule has 0 saturated heterocycles. The first-order valence-corrected chi connectivity index (χ1v) is 9.64. The maximum atomic E-state index is 12.8. The summed E-state index contributed by atoms with van der Waals surface area (Å²) in [6.07, 6.45) is 3.98. The first kappa shape index (κ1) is 18.3. The van der Waals surface area contributed by atoms with Crippen LogP contribution < -0.4 is 5.32 Å². The molecule has 4 rings (SSSR count). The largest absolute Gasteiger partial charge is 0.445 e. The number of anilines is 1. The van der Waals surface area contributed by atoms with Crippen molar-refractivity contribution in [3.05, 3.63) is 72.1 Å². The number of aryl methyl sites for hydroxylation is 1. The Morgan fingerprint density at radius 3 is 2.68 bits per heavy atom. The molecular weight excluding hydrogens is 374 g/mol. The maximum Gasteiger partial charge on any atom is 0.339 e. The van der Waals surface area contributed by atoms with Crippen molar-refractivity contribution in [2.45, 2.75) is 29.0 Å². The molecule has 1 aromatic heterocycles. The summed E-state index contributed by atoms with van der Waals surface area (Å²) in [5.41, 5.74) is 0.734. The van der Waals surface area contributed by atoms with Gasteiger partial charge in [0.25, 0.3) is 5.91 Å². The van der Waals surface area contributed by atoms with Gasteiger partial charge in [0.05, 0.1) is 5.56 Å². The first-order valence-electron chi connectivity index (χ1n) is 8.82. The van der Waals surface area contributed by atoms with Gasteiger partial charge in [-0.15, -0.1) is 0 Å². The second-order valence-corrected chi connectivity index (χ2v) is 7.90. The van der Waals surface area contributed by atoms with Gasteiger partial charge < -0.3 is 14.6 Å². The molecule has 0 fully saturated rings. The summed E-state index contributed by atoms with van der Waals surface area (Å²) in [6.45, 7) is 1.64. The highest BCUT2D eigenvalue weighted by Crippen LogP contribution is 2.30. The molecule has 0 radical (unpaired) electrons. The summed E-state index contributed by atoms with van der Waals surface area (Å²) in [4.78, 5) is 30.4. The highest BCUT2D eigenvalue weighted by Gasteiger charge is 2.42. The minimum absolute atomic E-state index is 0.341. The van der Waals surface area contributed by atoms with Crippen LogP contribution in [-0.2, 0) is 23.0 Å². The Labute approximate surface area is 166 Å². The van der Waals surface area contributed by atoms with Crippen LogP contribution in [0.1, 0.15) is 22.8 Å². The van der Waals surface area contributed by atoms with Crippen LogP contribution in [0.3, 0.4) is 0 Å². The normalized spacial score (nSPS) is 18.3. The van der Waals surface area contributed by atoms with Gasteiger partial charge in [0, 0.05) is 36.4 Å². The Hall–Kier alpha value is -3.06. The van der Waals surface area contributed by atoms with Crippen LogP contribution in [0.2, 0.25) is 0 Å². The molecule has 2 heterocycles. The van der Waals surface area contributed by atoms with E-state index in [1.54, 1.807) is 25.3 Å². The van der Waals surface area contributed by atoms with E-state index in [4.69, 9.17) is 4.74 Å². The molecule has 6 nitrogen and oxygen atoms in total. The fourth-order valence-electron chi connectivity index (χ4n) is 3.08. The van der Waals surface area contributed by atoms with E-state index in [1.807, 2.05) is 54.2 Å². The van der Waals surface area contributed by atoms with Crippen molar-refractivity contribution in [1.82, 2.24) is 9.55 Å². The summed E-state index contributed by atoms with van der Waals surface area (Å²) < 4.78 is 7.42. The summed E-state index contributed by atoms with van der Waals surface area (Å²) >= 11 is 1.54. The Morgan fingerprint density at radius 2 is 1.96 bits per heavy atom. The van der Waals surface area contributed by atoms with Gasteiger partial charge in [-0.2, -0.15) is 0 Å². The number of fused-ring (bicyclic) bond motifs is 1. The number of hydrogen-bond donors (Lipinski definition) is 1. The molecule has 1 aliphatic heterocycles. The number of ether oxygens (including phenoxy) is 1. The lowest BCUT2D eigenvalue weighted by molar-refractivity contribution is -0.134. The van der Waals surface area contributed by atoms with Crippen molar-refractivity contribution in [3.63, 3.8) is 0 Å². The summed E-state index contributed by atoms with van der Waals surface area (Å²) in [6, 6.07) is 14.7. The van der Waals surface area contributed by atoms with Gasteiger partial charge >= 0.3 is 5.97 Å². The van der Waals surface area contributed by atoms with Crippen molar-refractivity contribution in [1.29, 1.82) is 0 Å². The van der Waals surface area contributed by atoms with Crippen LogP contribution in [0.5, 0.6) is 0 Å². The number of cyclic esters (lactones) is 1. The number of esters is 1. The number of hydrogen-bond acceptors (Lipinski definition) is 5. The molecular formula is C21H19N3O3S. The average Bonchev–Trinajstić information content (AvgIpc) is 3.08.